The fourth-order valence-electron chi connectivity index (χ4n) is 6.01. The van der Waals surface area contributed by atoms with Crippen molar-refractivity contribution in [2.24, 2.45) is 13.0 Å². The summed E-state index contributed by atoms with van der Waals surface area (Å²) in [5.41, 5.74) is 3.32. The molecule has 47 heavy (non-hydrogen) atoms. The largest absolute Gasteiger partial charge is 0.444 e. The molecule has 1 aromatic carbocycles. The van der Waals surface area contributed by atoms with Crippen molar-refractivity contribution in [2.75, 3.05) is 33.7 Å². The van der Waals surface area contributed by atoms with Gasteiger partial charge in [0.05, 0.1) is 28.8 Å². The van der Waals surface area contributed by atoms with Crippen LogP contribution in [0.1, 0.15) is 44.0 Å². The maximum atomic E-state index is 13.7. The van der Waals surface area contributed by atoms with E-state index < -0.39 is 23.8 Å². The highest BCUT2D eigenvalue weighted by Crippen LogP contribution is 2.36. The first-order chi connectivity index (χ1) is 22.4. The zero-order valence-corrected chi connectivity index (χ0v) is 28.0. The van der Waals surface area contributed by atoms with Crippen LogP contribution in [0.2, 0.25) is 0 Å². The first-order valence-corrected chi connectivity index (χ1v) is 16.2. The summed E-state index contributed by atoms with van der Waals surface area (Å²) in [5, 5.41) is 7.10. The maximum absolute atomic E-state index is 13.7. The summed E-state index contributed by atoms with van der Waals surface area (Å²) < 4.78 is 9.90. The predicted molar refractivity (Wildman–Crippen MR) is 181 cm³/mol. The Hall–Kier alpha value is -4.71. The molecule has 1 aliphatic heterocycles. The maximum Gasteiger partial charge on any atom is 0.410 e. The van der Waals surface area contributed by atoms with Crippen LogP contribution in [0.4, 0.5) is 4.79 Å². The van der Waals surface area contributed by atoms with Gasteiger partial charge in [0.25, 0.3) is 5.91 Å². The number of likely N-dealkylation sites (tertiary alicyclic amines) is 1. The molecule has 2 fully saturated rings. The Kier molecular flexibility index (Phi) is 8.80. The molecule has 6 rings (SSSR count). The summed E-state index contributed by atoms with van der Waals surface area (Å²) in [7, 11) is 5.82. The minimum atomic E-state index is -0.675. The summed E-state index contributed by atoms with van der Waals surface area (Å²) in [6, 6.07) is 10.6. The van der Waals surface area contributed by atoms with Crippen molar-refractivity contribution in [1.29, 1.82) is 0 Å². The summed E-state index contributed by atoms with van der Waals surface area (Å²) in [4.78, 5) is 52.5. The van der Waals surface area contributed by atoms with Crippen LogP contribution in [0, 0.1) is 5.92 Å². The van der Waals surface area contributed by atoms with Gasteiger partial charge in [-0.3, -0.25) is 9.59 Å². The van der Waals surface area contributed by atoms with Gasteiger partial charge in [0, 0.05) is 56.4 Å². The Balaban J connectivity index is 1.23. The molecule has 248 valence electrons. The van der Waals surface area contributed by atoms with E-state index in [2.05, 4.69) is 36.9 Å². The first-order valence-electron chi connectivity index (χ1n) is 16.2. The number of nitrogens with one attached hydrogen (secondary N) is 2. The number of carbonyl (C=O) groups excluding carboxylic acids is 3. The minimum absolute atomic E-state index is 0.197. The van der Waals surface area contributed by atoms with Gasteiger partial charge >= 0.3 is 6.09 Å². The molecule has 3 amide bonds. The van der Waals surface area contributed by atoms with E-state index >= 15 is 0 Å². The molecule has 0 radical (unpaired) electrons. The van der Waals surface area contributed by atoms with Gasteiger partial charge in [-0.25, -0.2) is 14.8 Å². The van der Waals surface area contributed by atoms with Gasteiger partial charge in [0.1, 0.15) is 11.2 Å². The van der Waals surface area contributed by atoms with Gasteiger partial charge in [0.15, 0.2) is 5.82 Å². The van der Waals surface area contributed by atoms with Crippen molar-refractivity contribution in [3.8, 4) is 11.5 Å². The normalized spacial score (nSPS) is 18.5. The van der Waals surface area contributed by atoms with E-state index in [9.17, 15) is 14.4 Å². The molecule has 1 saturated carbocycles. The van der Waals surface area contributed by atoms with Crippen molar-refractivity contribution < 1.29 is 19.1 Å². The van der Waals surface area contributed by atoms with Crippen molar-refractivity contribution in [3.05, 3.63) is 60.3 Å². The smallest absolute Gasteiger partial charge is 0.410 e. The zero-order chi connectivity index (χ0) is 33.5. The Morgan fingerprint density at radius 1 is 1.06 bits per heavy atom. The molecule has 1 aliphatic carbocycles. The number of carbonyl (C=O) groups is 3. The Morgan fingerprint density at radius 3 is 2.51 bits per heavy atom. The SMILES string of the molecule is CN(C)CC=CC(=O)N[C@@H]1CN(C(=O)OC(C)(C)C)CC1NC(=O)c1ccc2c(c1)nc(-c1cc3cccnc3n1CC1CC1)n2C. The van der Waals surface area contributed by atoms with Gasteiger partial charge < -0.3 is 34.3 Å². The number of hydrogen-bond acceptors (Lipinski definition) is 7. The zero-order valence-electron chi connectivity index (χ0n) is 28.0. The van der Waals surface area contributed by atoms with Gasteiger partial charge in [-0.05, 0) is 90.0 Å². The van der Waals surface area contributed by atoms with Gasteiger partial charge in [0.2, 0.25) is 5.91 Å². The van der Waals surface area contributed by atoms with E-state index in [1.807, 2.05) is 44.4 Å². The molecule has 0 bridgehead atoms. The molecule has 3 aromatic heterocycles. The number of pyridine rings is 1. The van der Waals surface area contributed by atoms with Crippen LogP contribution in [0.25, 0.3) is 33.6 Å². The molecule has 1 saturated heterocycles. The van der Waals surface area contributed by atoms with Crippen LogP contribution in [-0.4, -0.2) is 98.2 Å². The average Bonchev–Trinajstić information content (AvgIpc) is 3.51. The summed E-state index contributed by atoms with van der Waals surface area (Å²) in [6.07, 6.45) is 7.02. The highest BCUT2D eigenvalue weighted by molar-refractivity contribution is 5.98. The van der Waals surface area contributed by atoms with Crippen molar-refractivity contribution in [3.63, 3.8) is 0 Å². The number of ether oxygens (including phenoxy) is 1. The lowest BCUT2D eigenvalue weighted by Crippen LogP contribution is -2.50. The number of aromatic nitrogens is 4. The molecule has 2 aliphatic rings. The number of hydrogen-bond donors (Lipinski definition) is 2. The molecule has 12 heteroatoms. The average molecular weight is 641 g/mol. The Labute approximate surface area is 274 Å². The second-order valence-electron chi connectivity index (χ2n) is 13.9. The molecular formula is C35H44N8O4. The summed E-state index contributed by atoms with van der Waals surface area (Å²) >= 11 is 0. The number of benzene rings is 1. The van der Waals surface area contributed by atoms with Crippen LogP contribution >= 0.6 is 0 Å². The molecule has 12 nitrogen and oxygen atoms in total. The van der Waals surface area contributed by atoms with Gasteiger partial charge in [-0.1, -0.05) is 6.08 Å². The number of nitrogens with zero attached hydrogens (tertiary/aromatic N) is 6. The second kappa shape index (κ2) is 12.8. The van der Waals surface area contributed by atoms with E-state index in [0.29, 0.717) is 23.5 Å². The minimum Gasteiger partial charge on any atom is -0.444 e. The van der Waals surface area contributed by atoms with Crippen molar-refractivity contribution in [1.82, 2.24) is 39.5 Å². The van der Waals surface area contributed by atoms with Crippen LogP contribution < -0.4 is 10.6 Å². The van der Waals surface area contributed by atoms with Gasteiger partial charge in [-0.15, -0.1) is 0 Å². The number of rotatable bonds is 9. The van der Waals surface area contributed by atoms with E-state index in [-0.39, 0.29) is 24.9 Å². The fraction of sp³-hybridized carbons (Fsp3) is 0.457. The highest BCUT2D eigenvalue weighted by Gasteiger charge is 2.39. The number of likely N-dealkylation sites (N-methyl/N-ethyl adjacent to an activating group) is 1. The van der Waals surface area contributed by atoms with Crippen LogP contribution in [-0.2, 0) is 23.1 Å². The van der Waals surface area contributed by atoms with Crippen LogP contribution in [0.15, 0.2) is 54.7 Å². The number of aryl methyl sites for hydroxylation is 1. The quantitative estimate of drug-likeness (QED) is 0.265. The molecule has 2 atom stereocenters. The molecule has 0 spiro atoms. The third-order valence-electron chi connectivity index (χ3n) is 8.52. The number of imidazole rings is 1. The monoisotopic (exact) mass is 640 g/mol. The van der Waals surface area contributed by atoms with Crippen molar-refractivity contribution in [2.45, 2.75) is 57.8 Å². The third-order valence-corrected chi connectivity index (χ3v) is 8.52. The molecule has 4 heterocycles. The fourth-order valence-corrected chi connectivity index (χ4v) is 6.01. The molecule has 1 unspecified atom stereocenters. The summed E-state index contributed by atoms with van der Waals surface area (Å²) in [5.74, 6) is 0.856. The lowest BCUT2D eigenvalue weighted by molar-refractivity contribution is -0.117. The summed E-state index contributed by atoms with van der Waals surface area (Å²) in [6.45, 7) is 7.33. The van der Waals surface area contributed by atoms with E-state index in [1.54, 1.807) is 39.0 Å². The molecule has 2 N–H and O–H groups in total. The first kappa shape index (κ1) is 32.2. The van der Waals surface area contributed by atoms with E-state index in [4.69, 9.17) is 9.72 Å². The second-order valence-corrected chi connectivity index (χ2v) is 13.9. The van der Waals surface area contributed by atoms with E-state index in [0.717, 1.165) is 34.6 Å². The number of amides is 3. The van der Waals surface area contributed by atoms with Crippen LogP contribution in [0.5, 0.6) is 0 Å². The highest BCUT2D eigenvalue weighted by atomic mass is 16.6. The predicted octanol–water partition coefficient (Wildman–Crippen LogP) is 3.95. The van der Waals surface area contributed by atoms with Gasteiger partial charge in [-0.2, -0.15) is 0 Å². The lowest BCUT2D eigenvalue weighted by atomic mass is 10.1. The molecular weight excluding hydrogens is 596 g/mol. The third kappa shape index (κ3) is 7.32. The van der Waals surface area contributed by atoms with Crippen LogP contribution in [0.3, 0.4) is 0 Å². The lowest BCUT2D eigenvalue weighted by Gasteiger charge is -2.24. The topological polar surface area (TPSA) is 127 Å². The number of fused-ring (bicyclic) bond motifs is 2. The Bertz CT molecular complexity index is 1850. The molecule has 4 aromatic rings. The Morgan fingerprint density at radius 2 is 1.81 bits per heavy atom. The van der Waals surface area contributed by atoms with E-state index in [1.165, 1.54) is 23.8 Å². The van der Waals surface area contributed by atoms with Crippen molar-refractivity contribution >= 4 is 40.0 Å². The standard InChI is InChI=1S/C35H44N8O4/c1-35(2,3)47-34(46)42-20-26(37-30(44)10-8-16-40(4)5)27(21-42)39-33(45)24-13-14-28-25(17-24)38-32(41(28)6)29-18-23-9-7-15-36-31(23)43(29)19-22-11-12-22/h7-10,13-15,17-18,22,26-27H,11-12,16,19-21H2,1-6H3,(H,37,44)(H,39,45)/t26-,27?/m1/s1.